The second-order valence-electron chi connectivity index (χ2n) is 5.20. The summed E-state index contributed by atoms with van der Waals surface area (Å²) in [6.45, 7) is 7.41. The maximum absolute atomic E-state index is 9.53. The monoisotopic (exact) mass is 282 g/mol. The molecule has 2 heterocycles. The van der Waals surface area contributed by atoms with Crippen LogP contribution in [0.15, 0.2) is 11.6 Å². The van der Waals surface area contributed by atoms with Crippen LogP contribution in [0.3, 0.4) is 0 Å². The van der Waals surface area contributed by atoms with Crippen molar-refractivity contribution in [2.75, 3.05) is 18.5 Å². The fourth-order valence-electron chi connectivity index (χ4n) is 2.07. The van der Waals surface area contributed by atoms with E-state index >= 15 is 0 Å². The molecular formula is C13H22N4OS. The van der Waals surface area contributed by atoms with Gasteiger partial charge in [-0.05, 0) is 6.92 Å². The Hall–Kier alpha value is -1.11. The molecule has 0 bridgehead atoms. The first-order valence-electron chi connectivity index (χ1n) is 6.56. The summed E-state index contributed by atoms with van der Waals surface area (Å²) in [7, 11) is 1.97. The van der Waals surface area contributed by atoms with Crippen molar-refractivity contribution in [3.63, 3.8) is 0 Å². The van der Waals surface area contributed by atoms with Gasteiger partial charge in [-0.3, -0.25) is 4.40 Å². The number of thiazole rings is 1. The van der Waals surface area contributed by atoms with Gasteiger partial charge in [0.25, 0.3) is 0 Å². The van der Waals surface area contributed by atoms with Crippen LogP contribution in [0.1, 0.15) is 26.5 Å². The third-order valence-electron chi connectivity index (χ3n) is 2.92. The van der Waals surface area contributed by atoms with Gasteiger partial charge >= 0.3 is 0 Å². The van der Waals surface area contributed by atoms with Gasteiger partial charge in [-0.2, -0.15) is 0 Å². The lowest BCUT2D eigenvalue weighted by atomic mass is 10.3. The van der Waals surface area contributed by atoms with Crippen LogP contribution in [-0.4, -0.2) is 40.2 Å². The van der Waals surface area contributed by atoms with Crippen molar-refractivity contribution in [1.29, 1.82) is 0 Å². The van der Waals surface area contributed by atoms with Crippen molar-refractivity contribution in [3.8, 4) is 0 Å². The first-order valence-corrected chi connectivity index (χ1v) is 7.44. The molecule has 0 aliphatic rings. The molecule has 2 aromatic rings. The quantitative estimate of drug-likeness (QED) is 0.847. The molecule has 5 nitrogen and oxygen atoms in total. The summed E-state index contributed by atoms with van der Waals surface area (Å²) in [4.78, 5) is 7.67. The molecule has 2 rings (SSSR count). The number of imidazole rings is 1. The molecule has 19 heavy (non-hydrogen) atoms. The van der Waals surface area contributed by atoms with Crippen LogP contribution in [-0.2, 0) is 6.54 Å². The Kier molecular flexibility index (Phi) is 4.44. The van der Waals surface area contributed by atoms with E-state index in [0.29, 0.717) is 12.6 Å². The molecule has 0 aliphatic carbocycles. The van der Waals surface area contributed by atoms with E-state index in [1.807, 2.05) is 23.5 Å². The predicted molar refractivity (Wildman–Crippen MR) is 80.0 cm³/mol. The van der Waals surface area contributed by atoms with Gasteiger partial charge in [0.1, 0.15) is 0 Å². The molecule has 0 aliphatic heterocycles. The number of rotatable bonds is 6. The van der Waals surface area contributed by atoms with Gasteiger partial charge in [0.05, 0.1) is 11.8 Å². The summed E-state index contributed by atoms with van der Waals surface area (Å²) in [5.74, 6) is 0.945. The van der Waals surface area contributed by atoms with Crippen LogP contribution in [0.25, 0.3) is 4.96 Å². The van der Waals surface area contributed by atoms with Gasteiger partial charge in [-0.15, -0.1) is 11.3 Å². The number of likely N-dealkylation sites (N-methyl/N-ethyl adjacent to an activating group) is 1. The fraction of sp³-hybridized carbons (Fsp3) is 0.615. The average molecular weight is 282 g/mol. The third-order valence-corrected chi connectivity index (χ3v) is 3.67. The number of nitrogens with one attached hydrogen (secondary N) is 1. The Labute approximate surface area is 117 Å². The number of fused-ring (bicyclic) bond motifs is 1. The largest absolute Gasteiger partial charge is 0.392 e. The molecule has 1 atom stereocenters. The van der Waals surface area contributed by atoms with E-state index < -0.39 is 0 Å². The van der Waals surface area contributed by atoms with Gasteiger partial charge in [-0.25, -0.2) is 4.98 Å². The van der Waals surface area contributed by atoms with Crippen molar-refractivity contribution < 1.29 is 5.11 Å². The second-order valence-corrected chi connectivity index (χ2v) is 6.08. The van der Waals surface area contributed by atoms with Gasteiger partial charge < -0.3 is 15.3 Å². The highest BCUT2D eigenvalue weighted by atomic mass is 32.1. The molecule has 0 aromatic carbocycles. The highest BCUT2D eigenvalue weighted by Gasteiger charge is 2.17. The van der Waals surface area contributed by atoms with E-state index in [2.05, 4.69) is 28.5 Å². The van der Waals surface area contributed by atoms with Crippen LogP contribution < -0.4 is 10.2 Å². The van der Waals surface area contributed by atoms with E-state index in [9.17, 15) is 5.11 Å². The zero-order valence-corrected chi connectivity index (χ0v) is 12.7. The number of anilines is 1. The minimum absolute atomic E-state index is 0.365. The molecule has 0 amide bonds. The first-order chi connectivity index (χ1) is 8.99. The van der Waals surface area contributed by atoms with Crippen LogP contribution >= 0.6 is 11.3 Å². The van der Waals surface area contributed by atoms with Crippen molar-refractivity contribution in [3.05, 3.63) is 17.3 Å². The Morgan fingerprint density at radius 1 is 1.47 bits per heavy atom. The Morgan fingerprint density at radius 3 is 2.84 bits per heavy atom. The molecule has 2 aromatic heterocycles. The fourth-order valence-corrected chi connectivity index (χ4v) is 2.80. The van der Waals surface area contributed by atoms with E-state index in [4.69, 9.17) is 0 Å². The molecule has 0 spiro atoms. The summed E-state index contributed by atoms with van der Waals surface area (Å²) in [5, 5.41) is 15.0. The lowest BCUT2D eigenvalue weighted by molar-refractivity contribution is 0.201. The maximum Gasteiger partial charge on any atom is 0.195 e. The van der Waals surface area contributed by atoms with Crippen molar-refractivity contribution in [2.45, 2.75) is 39.5 Å². The molecule has 0 radical (unpaired) electrons. The zero-order chi connectivity index (χ0) is 14.0. The minimum Gasteiger partial charge on any atom is -0.392 e. The number of hydrogen-bond acceptors (Lipinski definition) is 5. The maximum atomic E-state index is 9.53. The molecule has 0 saturated heterocycles. The SMILES string of the molecule is CC(O)CN(C)c1nc2sccn2c1CNC(C)C. The van der Waals surface area contributed by atoms with E-state index in [-0.39, 0.29) is 6.10 Å². The molecule has 106 valence electrons. The van der Waals surface area contributed by atoms with E-state index in [1.54, 1.807) is 18.3 Å². The summed E-state index contributed by atoms with van der Waals surface area (Å²) >= 11 is 1.63. The topological polar surface area (TPSA) is 52.8 Å². The van der Waals surface area contributed by atoms with Crippen molar-refractivity contribution in [1.82, 2.24) is 14.7 Å². The van der Waals surface area contributed by atoms with Crippen LogP contribution in [0.4, 0.5) is 5.82 Å². The van der Waals surface area contributed by atoms with Crippen LogP contribution in [0.5, 0.6) is 0 Å². The molecule has 0 fully saturated rings. The summed E-state index contributed by atoms with van der Waals surface area (Å²) in [5.41, 5.74) is 1.15. The third kappa shape index (κ3) is 3.26. The van der Waals surface area contributed by atoms with Gasteiger partial charge in [0, 0.05) is 37.8 Å². The smallest absolute Gasteiger partial charge is 0.195 e. The molecule has 0 saturated carbocycles. The summed E-state index contributed by atoms with van der Waals surface area (Å²) in [6, 6.07) is 0.430. The lowest BCUT2D eigenvalue weighted by Crippen LogP contribution is -2.29. The molecule has 1 unspecified atom stereocenters. The highest BCUT2D eigenvalue weighted by molar-refractivity contribution is 7.15. The number of nitrogens with zero attached hydrogens (tertiary/aromatic N) is 3. The molecule has 2 N–H and O–H groups in total. The van der Waals surface area contributed by atoms with Gasteiger partial charge in [0.15, 0.2) is 10.8 Å². The number of aromatic nitrogens is 2. The van der Waals surface area contributed by atoms with E-state index in [0.717, 1.165) is 23.0 Å². The number of aliphatic hydroxyl groups excluding tert-OH is 1. The predicted octanol–water partition coefficient (Wildman–Crippen LogP) is 1.71. The summed E-state index contributed by atoms with van der Waals surface area (Å²) < 4.78 is 2.12. The van der Waals surface area contributed by atoms with Gasteiger partial charge in [0.2, 0.25) is 0 Å². The normalized spacial score (nSPS) is 13.4. The average Bonchev–Trinajstić information content (AvgIpc) is 2.84. The minimum atomic E-state index is -0.365. The number of aliphatic hydroxyl groups is 1. The molecule has 6 heteroatoms. The van der Waals surface area contributed by atoms with E-state index in [1.165, 1.54) is 0 Å². The summed E-state index contributed by atoms with van der Waals surface area (Å²) in [6.07, 6.45) is 1.68. The van der Waals surface area contributed by atoms with Crippen LogP contribution in [0, 0.1) is 0 Å². The molecular weight excluding hydrogens is 260 g/mol. The van der Waals surface area contributed by atoms with Gasteiger partial charge in [-0.1, -0.05) is 13.8 Å². The standard InChI is InChI=1S/C13H22N4OS/c1-9(2)14-7-11-12(16(4)8-10(3)18)15-13-17(11)5-6-19-13/h5-6,9-10,14,18H,7-8H2,1-4H3. The first kappa shape index (κ1) is 14.3. The number of hydrogen-bond donors (Lipinski definition) is 2. The zero-order valence-electron chi connectivity index (χ0n) is 11.9. The van der Waals surface area contributed by atoms with Crippen LogP contribution in [0.2, 0.25) is 0 Å². The second kappa shape index (κ2) is 5.90. The Balaban J connectivity index is 2.30. The highest BCUT2D eigenvalue weighted by Crippen LogP contribution is 2.24. The van der Waals surface area contributed by atoms with Crippen molar-refractivity contribution in [2.24, 2.45) is 0 Å². The Bertz CT molecular complexity index is 532. The van der Waals surface area contributed by atoms with Crippen molar-refractivity contribution >= 4 is 22.1 Å². The lowest BCUT2D eigenvalue weighted by Gasteiger charge is -2.20. The Morgan fingerprint density at radius 2 is 2.21 bits per heavy atom.